The fourth-order valence-electron chi connectivity index (χ4n) is 3.72. The maximum Gasteiger partial charge on any atom is 0.416 e. The largest absolute Gasteiger partial charge is 0.447 e. The summed E-state index contributed by atoms with van der Waals surface area (Å²) in [6.45, 7) is 1.81. The Hall–Kier alpha value is -2.80. The van der Waals surface area contributed by atoms with E-state index in [1.807, 2.05) is 30.3 Å². The summed E-state index contributed by atoms with van der Waals surface area (Å²) < 4.78 is 38.1. The van der Waals surface area contributed by atoms with Gasteiger partial charge in [0, 0.05) is 11.6 Å². The Bertz CT molecular complexity index is 914. The van der Waals surface area contributed by atoms with Crippen molar-refractivity contribution in [3.8, 4) is 0 Å². The van der Waals surface area contributed by atoms with Crippen LogP contribution in [-0.4, -0.2) is 36.2 Å². The third-order valence-electron chi connectivity index (χ3n) is 5.42. The maximum absolute atomic E-state index is 14.3. The van der Waals surface area contributed by atoms with E-state index in [4.69, 9.17) is 9.47 Å². The molecule has 2 heterocycles. The second-order valence-electron chi connectivity index (χ2n) is 7.15. The molecule has 28 heavy (non-hydrogen) atoms. The maximum atomic E-state index is 14.3. The minimum Gasteiger partial charge on any atom is -0.447 e. The van der Waals surface area contributed by atoms with Crippen molar-refractivity contribution in [3.05, 3.63) is 71.3 Å². The molecule has 3 atom stereocenters. The summed E-state index contributed by atoms with van der Waals surface area (Å²) in [5, 5.41) is 0. The zero-order chi connectivity index (χ0) is 19.9. The van der Waals surface area contributed by atoms with Gasteiger partial charge in [0.15, 0.2) is 0 Å². The van der Waals surface area contributed by atoms with Gasteiger partial charge < -0.3 is 9.47 Å². The minimum atomic E-state index is -1.20. The predicted octanol–water partition coefficient (Wildman–Crippen LogP) is 3.42. The first-order chi connectivity index (χ1) is 13.4. The summed E-state index contributed by atoms with van der Waals surface area (Å²) in [6, 6.07) is 12.2. The molecular formula is C21H19F2NO4. The highest BCUT2D eigenvalue weighted by Gasteiger charge is 2.57. The highest BCUT2D eigenvalue weighted by atomic mass is 19.1. The number of cyclic esters (lactones) is 1. The van der Waals surface area contributed by atoms with Crippen LogP contribution in [0.5, 0.6) is 0 Å². The quantitative estimate of drug-likeness (QED) is 0.738. The molecule has 2 fully saturated rings. The van der Waals surface area contributed by atoms with Gasteiger partial charge in [-0.1, -0.05) is 43.3 Å². The van der Waals surface area contributed by atoms with E-state index in [1.165, 1.54) is 6.07 Å². The van der Waals surface area contributed by atoms with Crippen LogP contribution in [0.1, 0.15) is 18.1 Å². The van der Waals surface area contributed by atoms with Gasteiger partial charge in [-0.25, -0.2) is 18.5 Å². The fraction of sp³-hybridized carbons (Fsp3) is 0.333. The molecule has 2 amide bonds. The van der Waals surface area contributed by atoms with Crippen molar-refractivity contribution in [2.45, 2.75) is 25.0 Å². The molecule has 0 saturated carbocycles. The molecule has 0 N–H and O–H groups in total. The van der Waals surface area contributed by atoms with Crippen LogP contribution in [0.25, 0.3) is 0 Å². The SMILES string of the molecule is CC(C(=O)N1C(=O)OCC1Cc1ccccc1)[C@@]1(c2ccc(F)cc2F)CO1. The topological polar surface area (TPSA) is 59.1 Å². The molecule has 4 rings (SSSR count). The second-order valence-corrected chi connectivity index (χ2v) is 7.15. The van der Waals surface area contributed by atoms with Gasteiger partial charge in [0.05, 0.1) is 18.6 Å². The number of halogens is 2. The number of rotatable bonds is 5. The van der Waals surface area contributed by atoms with Crippen LogP contribution >= 0.6 is 0 Å². The molecule has 0 spiro atoms. The van der Waals surface area contributed by atoms with Gasteiger partial charge in [-0.05, 0) is 18.1 Å². The van der Waals surface area contributed by atoms with Crippen molar-refractivity contribution in [3.63, 3.8) is 0 Å². The van der Waals surface area contributed by atoms with E-state index in [-0.39, 0.29) is 18.8 Å². The summed E-state index contributed by atoms with van der Waals surface area (Å²) in [5.74, 6) is -2.81. The van der Waals surface area contributed by atoms with Crippen molar-refractivity contribution in [2.24, 2.45) is 5.92 Å². The Kier molecular flexibility index (Phi) is 4.63. The van der Waals surface area contributed by atoms with Gasteiger partial charge in [-0.2, -0.15) is 0 Å². The average molecular weight is 387 g/mol. The van der Waals surface area contributed by atoms with Gasteiger partial charge >= 0.3 is 6.09 Å². The lowest BCUT2D eigenvalue weighted by molar-refractivity contribution is -0.135. The first-order valence-corrected chi connectivity index (χ1v) is 9.05. The van der Waals surface area contributed by atoms with Gasteiger partial charge in [0.1, 0.15) is 23.8 Å². The van der Waals surface area contributed by atoms with Crippen LogP contribution in [0.4, 0.5) is 13.6 Å². The molecule has 2 aromatic carbocycles. The van der Waals surface area contributed by atoms with Gasteiger partial charge in [-0.3, -0.25) is 4.79 Å². The molecule has 0 aliphatic carbocycles. The number of ether oxygens (including phenoxy) is 2. The van der Waals surface area contributed by atoms with Crippen LogP contribution in [0.15, 0.2) is 48.5 Å². The van der Waals surface area contributed by atoms with Gasteiger partial charge in [0.2, 0.25) is 5.91 Å². The minimum absolute atomic E-state index is 0.102. The summed E-state index contributed by atoms with van der Waals surface area (Å²) in [6.07, 6.45) is -0.253. The van der Waals surface area contributed by atoms with Crippen molar-refractivity contribution in [1.82, 2.24) is 4.90 Å². The number of hydrogen-bond acceptors (Lipinski definition) is 4. The Morgan fingerprint density at radius 2 is 1.96 bits per heavy atom. The number of epoxide rings is 1. The predicted molar refractivity (Wildman–Crippen MR) is 95.3 cm³/mol. The number of amides is 2. The Balaban J connectivity index is 1.57. The molecule has 2 unspecified atom stereocenters. The van der Waals surface area contributed by atoms with E-state index in [1.54, 1.807) is 6.92 Å². The smallest absolute Gasteiger partial charge is 0.416 e. The summed E-state index contributed by atoms with van der Waals surface area (Å²) in [5.41, 5.74) is -0.116. The van der Waals surface area contributed by atoms with E-state index in [0.717, 1.165) is 22.6 Å². The van der Waals surface area contributed by atoms with E-state index in [0.29, 0.717) is 6.42 Å². The van der Waals surface area contributed by atoms with E-state index >= 15 is 0 Å². The van der Waals surface area contributed by atoms with Crippen LogP contribution in [0.3, 0.4) is 0 Å². The molecule has 2 saturated heterocycles. The Morgan fingerprint density at radius 1 is 1.25 bits per heavy atom. The zero-order valence-corrected chi connectivity index (χ0v) is 15.2. The molecule has 0 bridgehead atoms. The van der Waals surface area contributed by atoms with Gasteiger partial charge in [-0.15, -0.1) is 0 Å². The van der Waals surface area contributed by atoms with Crippen LogP contribution in [-0.2, 0) is 26.3 Å². The van der Waals surface area contributed by atoms with Crippen molar-refractivity contribution in [2.75, 3.05) is 13.2 Å². The first-order valence-electron chi connectivity index (χ1n) is 9.05. The van der Waals surface area contributed by atoms with E-state index < -0.39 is 41.2 Å². The number of carbonyl (C=O) groups excluding carboxylic acids is 2. The number of carbonyl (C=O) groups is 2. The first kappa shape index (κ1) is 18.6. The van der Waals surface area contributed by atoms with Crippen molar-refractivity contribution in [1.29, 1.82) is 0 Å². The zero-order valence-electron chi connectivity index (χ0n) is 15.2. The lowest BCUT2D eigenvalue weighted by Gasteiger charge is -2.26. The summed E-state index contributed by atoms with van der Waals surface area (Å²) in [7, 11) is 0. The number of benzene rings is 2. The van der Waals surface area contributed by atoms with Crippen LogP contribution in [0, 0.1) is 17.6 Å². The highest BCUT2D eigenvalue weighted by Crippen LogP contribution is 2.47. The van der Waals surface area contributed by atoms with Gasteiger partial charge in [0.25, 0.3) is 0 Å². The Morgan fingerprint density at radius 3 is 2.61 bits per heavy atom. The molecule has 2 aromatic rings. The molecule has 0 aromatic heterocycles. The fourth-order valence-corrected chi connectivity index (χ4v) is 3.72. The summed E-state index contributed by atoms with van der Waals surface area (Å²) in [4.78, 5) is 26.5. The lowest BCUT2D eigenvalue weighted by atomic mass is 9.85. The summed E-state index contributed by atoms with van der Waals surface area (Å²) >= 11 is 0. The molecule has 146 valence electrons. The molecule has 5 nitrogen and oxygen atoms in total. The monoisotopic (exact) mass is 387 g/mol. The van der Waals surface area contributed by atoms with Crippen LogP contribution < -0.4 is 0 Å². The molecule has 2 aliphatic rings. The van der Waals surface area contributed by atoms with E-state index in [9.17, 15) is 18.4 Å². The molecule has 0 radical (unpaired) electrons. The third-order valence-corrected chi connectivity index (χ3v) is 5.42. The molecular weight excluding hydrogens is 368 g/mol. The van der Waals surface area contributed by atoms with E-state index in [2.05, 4.69) is 0 Å². The highest BCUT2D eigenvalue weighted by molar-refractivity contribution is 5.95. The number of hydrogen-bond donors (Lipinski definition) is 0. The second kappa shape index (κ2) is 6.98. The number of imide groups is 1. The molecule has 2 aliphatic heterocycles. The Labute approximate surface area is 160 Å². The van der Waals surface area contributed by atoms with Crippen LogP contribution in [0.2, 0.25) is 0 Å². The standard InChI is InChI=1S/C21H19F2NO4/c1-13(21(12-28-21)17-8-7-15(22)10-18(17)23)19(25)24-16(11-27-20(24)26)9-14-5-3-2-4-6-14/h2-8,10,13,16H,9,11-12H2,1H3/t13?,16?,21-/m1/s1. The number of nitrogens with zero attached hydrogens (tertiary/aromatic N) is 1. The lowest BCUT2D eigenvalue weighted by Crippen LogP contribution is -2.46. The third kappa shape index (κ3) is 3.16. The van der Waals surface area contributed by atoms with Crippen molar-refractivity contribution >= 4 is 12.0 Å². The molecule has 7 heteroatoms. The average Bonchev–Trinajstić information content (AvgIpc) is 3.40. The normalized spacial score (nSPS) is 24.8. The van der Waals surface area contributed by atoms with Crippen molar-refractivity contribution < 1.29 is 27.8 Å².